The molecule has 3 heterocycles. The van der Waals surface area contributed by atoms with Crippen molar-refractivity contribution < 1.29 is 13.2 Å². The second kappa shape index (κ2) is 8.86. The summed E-state index contributed by atoms with van der Waals surface area (Å²) in [5.41, 5.74) is 1.73. The number of halogens is 3. The molecule has 9 heteroatoms. The summed E-state index contributed by atoms with van der Waals surface area (Å²) < 4.78 is 39.6. The van der Waals surface area contributed by atoms with Gasteiger partial charge in [-0.15, -0.1) is 0 Å². The third-order valence-electron chi connectivity index (χ3n) is 5.31. The first kappa shape index (κ1) is 21.6. The predicted octanol–water partition coefficient (Wildman–Crippen LogP) is 5.18. The average Bonchev–Trinajstić information content (AvgIpc) is 2.77. The monoisotopic (exact) mass is 440 g/mol. The Morgan fingerprint density at radius 1 is 1.06 bits per heavy atom. The van der Waals surface area contributed by atoms with Gasteiger partial charge in [-0.1, -0.05) is 18.7 Å². The average molecular weight is 440 g/mol. The number of rotatable bonds is 4. The van der Waals surface area contributed by atoms with E-state index in [0.717, 1.165) is 37.2 Å². The minimum Gasteiger partial charge on any atom is -0.372 e. The molecule has 1 aliphatic heterocycles. The Kier molecular flexibility index (Phi) is 5.98. The summed E-state index contributed by atoms with van der Waals surface area (Å²) in [6.45, 7) is 5.70. The fraction of sp³-hybridized carbons (Fsp3) is 0.261. The van der Waals surface area contributed by atoms with Crippen LogP contribution in [-0.4, -0.2) is 35.1 Å². The van der Waals surface area contributed by atoms with E-state index in [0.29, 0.717) is 35.1 Å². The molecule has 6 nitrogen and oxygen atoms in total. The smallest absolute Gasteiger partial charge is 0.372 e. The molecular weight excluding hydrogens is 417 g/mol. The van der Waals surface area contributed by atoms with Crippen LogP contribution in [0.1, 0.15) is 18.4 Å². The van der Waals surface area contributed by atoms with Crippen LogP contribution in [0.15, 0.2) is 67.5 Å². The Bertz CT molecular complexity index is 1100. The first-order valence-corrected chi connectivity index (χ1v) is 10.2. The van der Waals surface area contributed by atoms with Crippen LogP contribution < -0.4 is 15.1 Å². The minimum atomic E-state index is -4.41. The van der Waals surface area contributed by atoms with E-state index in [9.17, 15) is 13.2 Å². The first-order valence-electron chi connectivity index (χ1n) is 10.2. The number of nitrogens with one attached hydrogen (secondary N) is 1. The van der Waals surface area contributed by atoms with Crippen LogP contribution in [-0.2, 0) is 6.18 Å². The van der Waals surface area contributed by atoms with Gasteiger partial charge in [0.15, 0.2) is 5.82 Å². The molecule has 0 radical (unpaired) electrons. The highest BCUT2D eigenvalue weighted by atomic mass is 19.4. The number of benzene rings is 1. The molecule has 1 N–H and O–H groups in total. The van der Waals surface area contributed by atoms with Gasteiger partial charge in [0.2, 0.25) is 0 Å². The van der Waals surface area contributed by atoms with Crippen molar-refractivity contribution in [2.24, 2.45) is 0 Å². The molecule has 1 aromatic carbocycles. The van der Waals surface area contributed by atoms with E-state index >= 15 is 0 Å². The zero-order valence-electron chi connectivity index (χ0n) is 17.6. The maximum absolute atomic E-state index is 13.2. The summed E-state index contributed by atoms with van der Waals surface area (Å²) in [5.74, 6) is 1.22. The van der Waals surface area contributed by atoms with Crippen LogP contribution in [0.4, 0.5) is 30.4 Å². The Balaban J connectivity index is 1.74. The van der Waals surface area contributed by atoms with Crippen molar-refractivity contribution in [2.75, 3.05) is 35.3 Å². The summed E-state index contributed by atoms with van der Waals surface area (Å²) >= 11 is 0. The minimum absolute atomic E-state index is 0.405. The summed E-state index contributed by atoms with van der Waals surface area (Å²) in [4.78, 5) is 16.9. The van der Waals surface area contributed by atoms with Gasteiger partial charge in [0, 0.05) is 25.7 Å². The fourth-order valence-electron chi connectivity index (χ4n) is 3.66. The SMILES string of the molecule is C=C(Nc1cncnc1)N1CCCCN(C)c2ccc(-c3cccc(C(F)(F)F)c3)nc21. The van der Waals surface area contributed by atoms with Gasteiger partial charge in [-0.05, 0) is 37.1 Å². The van der Waals surface area contributed by atoms with Crippen LogP contribution in [0.25, 0.3) is 11.3 Å². The van der Waals surface area contributed by atoms with Crippen molar-refractivity contribution in [1.82, 2.24) is 15.0 Å². The van der Waals surface area contributed by atoms with Crippen molar-refractivity contribution in [3.63, 3.8) is 0 Å². The number of fused-ring (bicyclic) bond motifs is 1. The summed E-state index contributed by atoms with van der Waals surface area (Å²) in [7, 11) is 1.98. The largest absolute Gasteiger partial charge is 0.416 e. The molecule has 0 bridgehead atoms. The molecule has 0 amide bonds. The highest BCUT2D eigenvalue weighted by molar-refractivity contribution is 5.75. The van der Waals surface area contributed by atoms with Crippen molar-refractivity contribution in [1.29, 1.82) is 0 Å². The molecule has 32 heavy (non-hydrogen) atoms. The lowest BCUT2D eigenvalue weighted by Gasteiger charge is -2.33. The number of hydrogen-bond acceptors (Lipinski definition) is 6. The Morgan fingerprint density at radius 2 is 1.81 bits per heavy atom. The second-order valence-electron chi connectivity index (χ2n) is 7.60. The Morgan fingerprint density at radius 3 is 2.56 bits per heavy atom. The molecule has 0 atom stereocenters. The van der Waals surface area contributed by atoms with E-state index in [2.05, 4.69) is 26.8 Å². The number of aromatic nitrogens is 3. The Hall–Kier alpha value is -3.62. The normalized spacial score (nSPS) is 14.4. The van der Waals surface area contributed by atoms with E-state index < -0.39 is 11.7 Å². The van der Waals surface area contributed by atoms with Gasteiger partial charge >= 0.3 is 6.18 Å². The number of nitrogens with zero attached hydrogens (tertiary/aromatic N) is 5. The van der Waals surface area contributed by atoms with Crippen molar-refractivity contribution in [3.8, 4) is 11.3 Å². The third-order valence-corrected chi connectivity index (χ3v) is 5.31. The maximum atomic E-state index is 13.2. The van der Waals surface area contributed by atoms with Crippen LogP contribution in [0, 0.1) is 0 Å². The highest BCUT2D eigenvalue weighted by Crippen LogP contribution is 2.36. The van der Waals surface area contributed by atoms with E-state index in [1.54, 1.807) is 24.5 Å². The van der Waals surface area contributed by atoms with Gasteiger partial charge in [0.25, 0.3) is 0 Å². The molecule has 2 aromatic heterocycles. The Labute approximate surface area is 184 Å². The molecule has 0 fully saturated rings. The third kappa shape index (κ3) is 4.66. The van der Waals surface area contributed by atoms with Crippen LogP contribution in [0.3, 0.4) is 0 Å². The first-order chi connectivity index (χ1) is 15.3. The standard InChI is InChI=1S/C23H23F3N6/c1-16(29-19-13-27-15-28-14-19)32-11-4-3-10-31(2)21-9-8-20(30-22(21)32)17-6-5-7-18(12-17)23(24,25)26/h5-9,12-15,29H,1,3-4,10-11H2,2H3. The molecule has 0 aliphatic carbocycles. The molecule has 1 aliphatic rings. The van der Waals surface area contributed by atoms with E-state index in [1.807, 2.05) is 18.0 Å². The lowest BCUT2D eigenvalue weighted by Crippen LogP contribution is -2.33. The number of alkyl halides is 3. The molecule has 0 saturated heterocycles. The zero-order valence-corrected chi connectivity index (χ0v) is 17.6. The van der Waals surface area contributed by atoms with Crippen LogP contribution >= 0.6 is 0 Å². The topological polar surface area (TPSA) is 57.2 Å². The number of hydrogen-bond donors (Lipinski definition) is 1. The zero-order chi connectivity index (χ0) is 22.7. The quantitative estimate of drug-likeness (QED) is 0.604. The fourth-order valence-corrected chi connectivity index (χ4v) is 3.66. The van der Waals surface area contributed by atoms with Crippen LogP contribution in [0.5, 0.6) is 0 Å². The van der Waals surface area contributed by atoms with E-state index in [-0.39, 0.29) is 0 Å². The summed E-state index contributed by atoms with van der Waals surface area (Å²) in [6, 6.07) is 8.87. The molecule has 0 unspecified atom stereocenters. The summed E-state index contributed by atoms with van der Waals surface area (Å²) in [5, 5.41) is 3.20. The van der Waals surface area contributed by atoms with Gasteiger partial charge in [-0.2, -0.15) is 13.2 Å². The molecule has 4 rings (SSSR count). The van der Waals surface area contributed by atoms with Gasteiger partial charge in [-0.3, -0.25) is 0 Å². The van der Waals surface area contributed by atoms with Gasteiger partial charge in [0.1, 0.15) is 12.1 Å². The van der Waals surface area contributed by atoms with Crippen LogP contribution in [0.2, 0.25) is 0 Å². The lowest BCUT2D eigenvalue weighted by molar-refractivity contribution is -0.137. The highest BCUT2D eigenvalue weighted by Gasteiger charge is 2.30. The van der Waals surface area contributed by atoms with Crippen molar-refractivity contribution in [2.45, 2.75) is 19.0 Å². The molecular formula is C23H23F3N6. The van der Waals surface area contributed by atoms with E-state index in [4.69, 9.17) is 4.98 Å². The predicted molar refractivity (Wildman–Crippen MR) is 119 cm³/mol. The molecule has 166 valence electrons. The molecule has 0 spiro atoms. The van der Waals surface area contributed by atoms with Crippen molar-refractivity contribution in [3.05, 3.63) is 73.1 Å². The maximum Gasteiger partial charge on any atom is 0.416 e. The number of anilines is 3. The second-order valence-corrected chi connectivity index (χ2v) is 7.60. The number of pyridine rings is 1. The van der Waals surface area contributed by atoms with Gasteiger partial charge in [0.05, 0.1) is 35.0 Å². The molecule has 0 saturated carbocycles. The lowest BCUT2D eigenvalue weighted by atomic mass is 10.1. The van der Waals surface area contributed by atoms with E-state index in [1.165, 1.54) is 12.4 Å². The van der Waals surface area contributed by atoms with Gasteiger partial charge in [-0.25, -0.2) is 15.0 Å². The van der Waals surface area contributed by atoms with Crippen molar-refractivity contribution >= 4 is 17.2 Å². The summed E-state index contributed by atoms with van der Waals surface area (Å²) in [6.07, 6.45) is 2.21. The molecule has 3 aromatic rings. The van der Waals surface area contributed by atoms with Gasteiger partial charge < -0.3 is 15.1 Å².